The minimum absolute atomic E-state index is 0.0187. The topological polar surface area (TPSA) is 82.0 Å². The summed E-state index contributed by atoms with van der Waals surface area (Å²) in [6, 6.07) is 7.99. The Kier molecular flexibility index (Phi) is 8.51. The van der Waals surface area contributed by atoms with Crippen molar-refractivity contribution in [2.75, 3.05) is 19.7 Å². The first-order chi connectivity index (χ1) is 18.2. The van der Waals surface area contributed by atoms with Crippen LogP contribution in [0.3, 0.4) is 0 Å². The summed E-state index contributed by atoms with van der Waals surface area (Å²) in [6.45, 7) is 4.49. The summed E-state index contributed by atoms with van der Waals surface area (Å²) in [6.07, 6.45) is 3.85. The molecule has 0 bridgehead atoms. The van der Waals surface area contributed by atoms with Crippen molar-refractivity contribution >= 4 is 29.1 Å². The number of piperidine rings is 1. The Morgan fingerprint density at radius 2 is 1.71 bits per heavy atom. The number of hydrogen-bond donors (Lipinski definition) is 3. The molecule has 0 aromatic heterocycles. The Balaban J connectivity index is 1.19. The van der Waals surface area contributed by atoms with Crippen molar-refractivity contribution < 1.29 is 24.1 Å². The summed E-state index contributed by atoms with van der Waals surface area (Å²) in [5.74, 6) is -0.148. The normalized spacial score (nSPS) is 20.4. The second kappa shape index (κ2) is 11.7. The number of halogens is 3. The molecule has 6 nitrogen and oxygen atoms in total. The van der Waals surface area contributed by atoms with Gasteiger partial charge in [0, 0.05) is 22.2 Å². The van der Waals surface area contributed by atoms with Gasteiger partial charge in [-0.2, -0.15) is 0 Å². The van der Waals surface area contributed by atoms with Gasteiger partial charge in [0.2, 0.25) is 0 Å². The number of nitrogens with one attached hydrogen (secondary N) is 1. The maximum Gasteiger partial charge on any atom is 0.254 e. The molecule has 2 saturated carbocycles. The number of benzene rings is 2. The van der Waals surface area contributed by atoms with Gasteiger partial charge in [-0.3, -0.25) is 9.69 Å². The molecule has 5 rings (SSSR count). The van der Waals surface area contributed by atoms with E-state index in [2.05, 4.69) is 17.1 Å². The molecule has 1 saturated heterocycles. The lowest BCUT2D eigenvalue weighted by molar-refractivity contribution is -0.0699. The monoisotopic (exact) mass is 564 g/mol. The minimum Gasteiger partial charge on any atom is -0.493 e. The van der Waals surface area contributed by atoms with E-state index in [1.165, 1.54) is 6.07 Å². The number of carbonyl (C=O) groups is 1. The van der Waals surface area contributed by atoms with Crippen molar-refractivity contribution in [2.45, 2.75) is 69.7 Å². The van der Waals surface area contributed by atoms with Gasteiger partial charge in [0.1, 0.15) is 11.6 Å². The van der Waals surface area contributed by atoms with Crippen molar-refractivity contribution in [1.82, 2.24) is 10.2 Å². The highest BCUT2D eigenvalue weighted by molar-refractivity contribution is 6.34. The first kappa shape index (κ1) is 27.7. The lowest BCUT2D eigenvalue weighted by Gasteiger charge is -2.36. The number of amides is 1. The third-order valence-electron chi connectivity index (χ3n) is 8.15. The van der Waals surface area contributed by atoms with E-state index in [0.717, 1.165) is 62.7 Å². The second-order valence-corrected chi connectivity index (χ2v) is 11.9. The Morgan fingerprint density at radius 1 is 1.05 bits per heavy atom. The fraction of sp³-hybridized carbons (Fsp3) is 0.552. The summed E-state index contributed by atoms with van der Waals surface area (Å²) in [5.41, 5.74) is 1.88. The molecule has 0 spiro atoms. The van der Waals surface area contributed by atoms with Crippen LogP contribution in [0.4, 0.5) is 4.39 Å². The van der Waals surface area contributed by atoms with Crippen LogP contribution in [0, 0.1) is 17.7 Å². The molecule has 3 N–H and O–H groups in total. The molecule has 3 aliphatic rings. The van der Waals surface area contributed by atoms with E-state index in [1.807, 2.05) is 12.1 Å². The zero-order valence-electron chi connectivity index (χ0n) is 21.5. The average molecular weight is 566 g/mol. The minimum atomic E-state index is -1.67. The second-order valence-electron chi connectivity index (χ2n) is 11.1. The summed E-state index contributed by atoms with van der Waals surface area (Å²) in [5, 5.41) is 23.1. The molecule has 2 aromatic carbocycles. The molecule has 2 aliphatic carbocycles. The zero-order valence-corrected chi connectivity index (χ0v) is 23.0. The smallest absolute Gasteiger partial charge is 0.254 e. The number of rotatable bonds is 10. The summed E-state index contributed by atoms with van der Waals surface area (Å²) < 4.78 is 21.2. The maximum atomic E-state index is 15.1. The van der Waals surface area contributed by atoms with Crippen LogP contribution in [-0.2, 0) is 0 Å². The number of ether oxygens (including phenoxy) is 1. The van der Waals surface area contributed by atoms with Crippen LogP contribution in [0.25, 0.3) is 0 Å². The van der Waals surface area contributed by atoms with Crippen molar-refractivity contribution in [3.63, 3.8) is 0 Å². The van der Waals surface area contributed by atoms with Crippen LogP contribution >= 0.6 is 23.2 Å². The predicted octanol–water partition coefficient (Wildman–Crippen LogP) is 5.68. The number of likely N-dealkylation sites (tertiary alicyclic amines) is 1. The zero-order chi connectivity index (χ0) is 27.0. The van der Waals surface area contributed by atoms with Gasteiger partial charge in [-0.05, 0) is 112 Å². The lowest BCUT2D eigenvalue weighted by atomic mass is 9.95. The van der Waals surface area contributed by atoms with Gasteiger partial charge in [0.15, 0.2) is 6.29 Å². The Morgan fingerprint density at radius 3 is 2.29 bits per heavy atom. The third kappa shape index (κ3) is 6.62. The molecule has 1 amide bonds. The molecule has 1 heterocycles. The van der Waals surface area contributed by atoms with Crippen LogP contribution in [0.1, 0.15) is 78.9 Å². The molecule has 38 heavy (non-hydrogen) atoms. The first-order valence-electron chi connectivity index (χ1n) is 13.5. The summed E-state index contributed by atoms with van der Waals surface area (Å²) >= 11 is 12.4. The van der Waals surface area contributed by atoms with E-state index in [-0.39, 0.29) is 23.4 Å². The summed E-state index contributed by atoms with van der Waals surface area (Å²) in [7, 11) is 0. The third-order valence-corrected chi connectivity index (χ3v) is 8.59. The van der Waals surface area contributed by atoms with E-state index < -0.39 is 24.1 Å². The van der Waals surface area contributed by atoms with Crippen LogP contribution in [-0.4, -0.2) is 53.0 Å². The van der Waals surface area contributed by atoms with E-state index in [1.54, 1.807) is 12.1 Å². The number of aliphatic hydroxyl groups is 2. The predicted molar refractivity (Wildman–Crippen MR) is 145 cm³/mol. The largest absolute Gasteiger partial charge is 0.493 e. The van der Waals surface area contributed by atoms with Crippen LogP contribution in [0.5, 0.6) is 5.75 Å². The highest BCUT2D eigenvalue weighted by atomic mass is 35.5. The van der Waals surface area contributed by atoms with E-state index in [4.69, 9.17) is 27.9 Å². The van der Waals surface area contributed by atoms with Gasteiger partial charge in [-0.1, -0.05) is 23.2 Å². The fourth-order valence-electron chi connectivity index (χ4n) is 5.45. The summed E-state index contributed by atoms with van der Waals surface area (Å²) in [4.78, 5) is 15.2. The molecule has 1 aliphatic heterocycles. The van der Waals surface area contributed by atoms with Crippen molar-refractivity contribution in [2.24, 2.45) is 11.8 Å². The van der Waals surface area contributed by atoms with Gasteiger partial charge in [-0.25, -0.2) is 4.39 Å². The van der Waals surface area contributed by atoms with Crippen LogP contribution in [0.2, 0.25) is 10.0 Å². The van der Waals surface area contributed by atoms with Gasteiger partial charge < -0.3 is 20.3 Å². The first-order valence-corrected chi connectivity index (χ1v) is 14.3. The Bertz CT molecular complexity index is 1140. The van der Waals surface area contributed by atoms with Gasteiger partial charge in [0.05, 0.1) is 18.2 Å². The number of carbonyl (C=O) groups excluding carboxylic acids is 1. The van der Waals surface area contributed by atoms with Gasteiger partial charge in [-0.15, -0.1) is 0 Å². The van der Waals surface area contributed by atoms with Crippen molar-refractivity contribution in [1.29, 1.82) is 0 Å². The van der Waals surface area contributed by atoms with Crippen LogP contribution in [0.15, 0.2) is 30.3 Å². The fourth-order valence-corrected chi connectivity index (χ4v) is 5.99. The number of aliphatic hydroxyl groups excluding tert-OH is 1. The highest BCUT2D eigenvalue weighted by Crippen LogP contribution is 2.45. The van der Waals surface area contributed by atoms with Gasteiger partial charge >= 0.3 is 0 Å². The molecular formula is C29H35Cl2FN2O4. The lowest BCUT2D eigenvalue weighted by Crippen LogP contribution is -2.45. The standard InChI is InChI=1S/C29H35Cl2FN2O4/c1-16(20-10-21(30)12-22(31)11-20)34-8-6-17(7-9-34)15-38-26-14-25(32)24(13-23(26)18-2-3-18)28(35)33-27(29(36)37)19-4-5-19/h10-14,16-19,27,29,36-37H,2-9,15H2,1H3,(H,33,35)/t16-,27+/m1/s1. The molecule has 2 aromatic rings. The Labute approximate surface area is 233 Å². The molecule has 2 atom stereocenters. The average Bonchev–Trinajstić information content (AvgIpc) is 3.79. The molecular weight excluding hydrogens is 530 g/mol. The maximum absolute atomic E-state index is 15.1. The SMILES string of the molecule is C[C@H](c1cc(Cl)cc(Cl)c1)N1CCC(COc2cc(F)c(C(=O)N[C@H](C(O)O)C3CC3)cc2C2CC2)CC1. The van der Waals surface area contributed by atoms with E-state index in [9.17, 15) is 15.0 Å². The van der Waals surface area contributed by atoms with Crippen LogP contribution < -0.4 is 10.1 Å². The van der Waals surface area contributed by atoms with Gasteiger partial charge in [0.25, 0.3) is 5.91 Å². The van der Waals surface area contributed by atoms with Crippen molar-refractivity contribution in [3.05, 3.63) is 62.9 Å². The van der Waals surface area contributed by atoms with Crippen molar-refractivity contribution in [3.8, 4) is 5.75 Å². The molecule has 9 heteroatoms. The quantitative estimate of drug-likeness (QED) is 0.323. The van der Waals surface area contributed by atoms with E-state index in [0.29, 0.717) is 28.3 Å². The molecule has 0 unspecified atom stereocenters. The molecule has 0 radical (unpaired) electrons. The number of nitrogens with zero attached hydrogens (tertiary/aromatic N) is 1. The Hall–Kier alpha value is -1.90. The number of hydrogen-bond acceptors (Lipinski definition) is 5. The molecule has 206 valence electrons. The van der Waals surface area contributed by atoms with E-state index >= 15 is 4.39 Å². The highest BCUT2D eigenvalue weighted by Gasteiger charge is 2.37. The molecule has 3 fully saturated rings.